The van der Waals surface area contributed by atoms with Crippen LogP contribution in [0.25, 0.3) is 0 Å². The van der Waals surface area contributed by atoms with Gasteiger partial charge in [-0.05, 0) is 35.0 Å². The number of nitrogens with one attached hydrogen (secondary N) is 1. The molecular formula is C14H14BrN3O2. The lowest BCUT2D eigenvalue weighted by Gasteiger charge is -2.28. The molecule has 0 bridgehead atoms. The number of methoxy groups -OCH3 is 1. The van der Waals surface area contributed by atoms with Crippen LogP contribution in [0, 0.1) is 0 Å². The first-order valence-electron chi connectivity index (χ1n) is 5.95. The normalized spacial score (nSPS) is 13.3. The molecule has 20 heavy (non-hydrogen) atoms. The summed E-state index contributed by atoms with van der Waals surface area (Å²) in [7, 11) is 1.35. The van der Waals surface area contributed by atoms with Crippen LogP contribution in [0.15, 0.2) is 47.3 Å². The molecule has 1 aromatic carbocycles. The molecule has 2 rings (SSSR count). The molecule has 0 aliphatic heterocycles. The molecule has 1 unspecified atom stereocenters. The molecule has 1 atom stereocenters. The smallest absolute Gasteiger partial charge is 0.337 e. The molecule has 0 aliphatic rings. The molecule has 6 heteroatoms. The van der Waals surface area contributed by atoms with Crippen LogP contribution in [0.2, 0.25) is 0 Å². The largest absolute Gasteiger partial charge is 0.467 e. The van der Waals surface area contributed by atoms with Gasteiger partial charge in [-0.3, -0.25) is 9.97 Å². The number of hydrogen-bond donors (Lipinski definition) is 1. The third-order valence-corrected chi connectivity index (χ3v) is 3.62. The van der Waals surface area contributed by atoms with Gasteiger partial charge in [-0.15, -0.1) is 0 Å². The van der Waals surface area contributed by atoms with Crippen LogP contribution in [-0.2, 0) is 15.1 Å². The van der Waals surface area contributed by atoms with E-state index in [0.29, 0.717) is 5.69 Å². The quantitative estimate of drug-likeness (QED) is 0.870. The van der Waals surface area contributed by atoms with Crippen LogP contribution in [0.1, 0.15) is 12.6 Å². The average Bonchev–Trinajstić information content (AvgIpc) is 2.49. The number of hydrogen-bond acceptors (Lipinski definition) is 5. The van der Waals surface area contributed by atoms with Crippen molar-refractivity contribution in [3.63, 3.8) is 0 Å². The van der Waals surface area contributed by atoms with E-state index >= 15 is 0 Å². The van der Waals surface area contributed by atoms with Crippen molar-refractivity contribution in [1.29, 1.82) is 0 Å². The van der Waals surface area contributed by atoms with E-state index in [-0.39, 0.29) is 0 Å². The standard InChI is InChI=1S/C14H14BrN3O2/c1-14(13(19)20-2,12-9-16-7-8-17-12)18-11-6-4-3-5-10(11)15/h3-9,18H,1-2H3. The summed E-state index contributed by atoms with van der Waals surface area (Å²) in [5.74, 6) is -0.436. The number of benzene rings is 1. The third kappa shape index (κ3) is 2.80. The van der Waals surface area contributed by atoms with E-state index in [1.165, 1.54) is 13.3 Å². The molecule has 0 saturated heterocycles. The Kier molecular flexibility index (Phi) is 4.34. The van der Waals surface area contributed by atoms with E-state index in [4.69, 9.17) is 4.74 Å². The number of halogens is 1. The predicted molar refractivity (Wildman–Crippen MR) is 79.2 cm³/mol. The maximum Gasteiger partial charge on any atom is 0.337 e. The Morgan fingerprint density at radius 2 is 2.10 bits per heavy atom. The maximum absolute atomic E-state index is 12.2. The van der Waals surface area contributed by atoms with Crippen LogP contribution in [0.4, 0.5) is 5.69 Å². The molecule has 0 spiro atoms. The zero-order chi connectivity index (χ0) is 14.6. The molecule has 0 saturated carbocycles. The van der Waals surface area contributed by atoms with E-state index < -0.39 is 11.5 Å². The molecule has 1 heterocycles. The zero-order valence-electron chi connectivity index (χ0n) is 11.1. The summed E-state index contributed by atoms with van der Waals surface area (Å²) in [6, 6.07) is 7.52. The first kappa shape index (κ1) is 14.5. The van der Waals surface area contributed by atoms with Gasteiger partial charge in [0.2, 0.25) is 0 Å². The van der Waals surface area contributed by atoms with Gasteiger partial charge in [0, 0.05) is 22.6 Å². The van der Waals surface area contributed by atoms with E-state index in [1.807, 2.05) is 24.3 Å². The highest BCUT2D eigenvalue weighted by atomic mass is 79.9. The van der Waals surface area contributed by atoms with Crippen LogP contribution < -0.4 is 5.32 Å². The van der Waals surface area contributed by atoms with E-state index in [2.05, 4.69) is 31.2 Å². The van der Waals surface area contributed by atoms with Crippen molar-refractivity contribution in [3.8, 4) is 0 Å². The van der Waals surface area contributed by atoms with E-state index in [0.717, 1.165) is 10.2 Å². The minimum absolute atomic E-state index is 0.436. The van der Waals surface area contributed by atoms with Crippen LogP contribution in [0.3, 0.4) is 0 Å². The van der Waals surface area contributed by atoms with Crippen LogP contribution in [0.5, 0.6) is 0 Å². The summed E-state index contributed by atoms with van der Waals surface area (Å²) in [4.78, 5) is 20.4. The molecule has 0 fully saturated rings. The topological polar surface area (TPSA) is 64.1 Å². The molecule has 0 aliphatic carbocycles. The number of para-hydroxylation sites is 1. The van der Waals surface area contributed by atoms with Gasteiger partial charge in [-0.25, -0.2) is 4.79 Å². The molecular weight excluding hydrogens is 322 g/mol. The van der Waals surface area contributed by atoms with Crippen molar-refractivity contribution in [1.82, 2.24) is 9.97 Å². The van der Waals surface area contributed by atoms with Crippen LogP contribution >= 0.6 is 15.9 Å². The van der Waals surface area contributed by atoms with Gasteiger partial charge in [0.15, 0.2) is 5.54 Å². The number of carbonyl (C=O) groups excluding carboxylic acids is 1. The number of carbonyl (C=O) groups is 1. The number of esters is 1. The average molecular weight is 336 g/mol. The van der Waals surface area contributed by atoms with Gasteiger partial charge < -0.3 is 10.1 Å². The lowest BCUT2D eigenvalue weighted by Crippen LogP contribution is -2.42. The Morgan fingerprint density at radius 3 is 2.70 bits per heavy atom. The highest BCUT2D eigenvalue weighted by molar-refractivity contribution is 9.10. The fourth-order valence-corrected chi connectivity index (χ4v) is 2.20. The van der Waals surface area contributed by atoms with Gasteiger partial charge in [0.05, 0.1) is 19.0 Å². The summed E-state index contributed by atoms with van der Waals surface area (Å²) < 4.78 is 5.74. The summed E-state index contributed by atoms with van der Waals surface area (Å²) in [6.45, 7) is 1.71. The highest BCUT2D eigenvalue weighted by Crippen LogP contribution is 2.30. The van der Waals surface area contributed by atoms with Gasteiger partial charge >= 0.3 is 5.97 Å². The van der Waals surface area contributed by atoms with Crippen molar-refractivity contribution < 1.29 is 9.53 Å². The molecule has 0 amide bonds. The summed E-state index contributed by atoms with van der Waals surface area (Å²) in [6.07, 6.45) is 4.64. The lowest BCUT2D eigenvalue weighted by molar-refractivity contribution is -0.145. The Bertz CT molecular complexity index is 606. The summed E-state index contributed by atoms with van der Waals surface area (Å²) in [5, 5.41) is 3.17. The van der Waals surface area contributed by atoms with Crippen LogP contribution in [-0.4, -0.2) is 23.0 Å². The van der Waals surface area contributed by atoms with E-state index in [9.17, 15) is 4.79 Å². The first-order valence-corrected chi connectivity index (χ1v) is 6.75. The van der Waals surface area contributed by atoms with Crippen molar-refractivity contribution in [3.05, 3.63) is 53.0 Å². The predicted octanol–water partition coefficient (Wildman–Crippen LogP) is 2.74. The number of rotatable bonds is 4. The molecule has 1 aromatic heterocycles. The molecule has 104 valence electrons. The monoisotopic (exact) mass is 335 g/mol. The zero-order valence-corrected chi connectivity index (χ0v) is 12.7. The van der Waals surface area contributed by atoms with Crippen molar-refractivity contribution in [2.24, 2.45) is 0 Å². The fourth-order valence-electron chi connectivity index (χ4n) is 1.81. The second kappa shape index (κ2) is 6.00. The number of anilines is 1. The Balaban J connectivity index is 2.44. The van der Waals surface area contributed by atoms with Gasteiger partial charge in [0.25, 0.3) is 0 Å². The van der Waals surface area contributed by atoms with Crippen molar-refractivity contribution >= 4 is 27.6 Å². The minimum atomic E-state index is -1.12. The number of aromatic nitrogens is 2. The fraction of sp³-hybridized carbons (Fsp3) is 0.214. The molecule has 2 aromatic rings. The van der Waals surface area contributed by atoms with Crippen molar-refractivity contribution in [2.45, 2.75) is 12.5 Å². The SMILES string of the molecule is COC(=O)C(C)(Nc1ccccc1Br)c1cnccn1. The number of ether oxygens (including phenoxy) is 1. The second-order valence-electron chi connectivity index (χ2n) is 4.31. The Labute approximate surface area is 125 Å². The Hall–Kier alpha value is -1.95. The third-order valence-electron chi connectivity index (χ3n) is 2.93. The second-order valence-corrected chi connectivity index (χ2v) is 5.17. The van der Waals surface area contributed by atoms with Gasteiger partial charge in [-0.1, -0.05) is 12.1 Å². The van der Waals surface area contributed by atoms with Crippen molar-refractivity contribution in [2.75, 3.05) is 12.4 Å². The van der Waals surface area contributed by atoms with Gasteiger partial charge in [0.1, 0.15) is 0 Å². The molecule has 5 nitrogen and oxygen atoms in total. The maximum atomic E-state index is 12.2. The lowest BCUT2D eigenvalue weighted by atomic mass is 9.97. The Morgan fingerprint density at radius 1 is 1.35 bits per heavy atom. The minimum Gasteiger partial charge on any atom is -0.467 e. The summed E-state index contributed by atoms with van der Waals surface area (Å²) >= 11 is 3.44. The first-order chi connectivity index (χ1) is 9.58. The highest BCUT2D eigenvalue weighted by Gasteiger charge is 2.38. The molecule has 0 radical (unpaired) electrons. The molecule has 1 N–H and O–H groups in total. The summed E-state index contributed by atoms with van der Waals surface area (Å²) in [5.41, 5.74) is 0.140. The van der Waals surface area contributed by atoms with E-state index in [1.54, 1.807) is 19.3 Å². The number of nitrogens with zero attached hydrogens (tertiary/aromatic N) is 2. The van der Waals surface area contributed by atoms with Gasteiger partial charge in [-0.2, -0.15) is 0 Å².